The molecule has 4 aliphatic rings. The lowest BCUT2D eigenvalue weighted by atomic mass is 9.48. The molecule has 4 N–H and O–H groups in total. The maximum Gasteiger partial charge on any atom is 0.320 e. The minimum Gasteiger partial charge on any atom is -0.504 e. The van der Waals surface area contributed by atoms with E-state index in [0.29, 0.717) is 18.6 Å². The molecule has 2 bridgehead atoms. The number of likely N-dealkylation sites (tertiary alicyclic amines) is 1. The van der Waals surface area contributed by atoms with Gasteiger partial charge in [-0.1, -0.05) is 6.07 Å². The topological polar surface area (TPSA) is 102 Å². The summed E-state index contributed by atoms with van der Waals surface area (Å²) in [6.07, 6.45) is 2.29. The van der Waals surface area contributed by atoms with Crippen molar-refractivity contribution in [3.8, 4) is 11.5 Å². The molecule has 0 radical (unpaired) electrons. The van der Waals surface area contributed by atoms with Crippen LogP contribution in [0.1, 0.15) is 37.3 Å². The molecular weight excluding hydrogens is 348 g/mol. The second-order valence-electron chi connectivity index (χ2n) is 8.70. The summed E-state index contributed by atoms with van der Waals surface area (Å²) in [4.78, 5) is 13.6. The van der Waals surface area contributed by atoms with Gasteiger partial charge < -0.3 is 25.0 Å². The highest BCUT2D eigenvalue weighted by Gasteiger charge is 2.72. The number of carbonyl (C=O) groups is 1. The van der Waals surface area contributed by atoms with Crippen LogP contribution in [0.3, 0.4) is 0 Å². The van der Waals surface area contributed by atoms with Gasteiger partial charge in [0.15, 0.2) is 11.5 Å². The molecule has 0 aromatic heterocycles. The van der Waals surface area contributed by atoms with Crippen LogP contribution in [-0.2, 0) is 16.6 Å². The average molecular weight is 374 g/mol. The molecule has 1 aromatic carbocycles. The Morgan fingerprint density at radius 3 is 2.93 bits per heavy atom. The first-order chi connectivity index (χ1) is 12.8. The number of aliphatic carboxylic acids is 1. The molecule has 7 nitrogen and oxygen atoms in total. The van der Waals surface area contributed by atoms with Gasteiger partial charge in [0.05, 0.1) is 11.0 Å². The van der Waals surface area contributed by atoms with E-state index in [9.17, 15) is 20.1 Å². The Morgan fingerprint density at radius 2 is 2.19 bits per heavy atom. The zero-order chi connectivity index (χ0) is 19.1. The minimum absolute atomic E-state index is 0.00168. The first-order valence-electron chi connectivity index (χ1n) is 9.73. The van der Waals surface area contributed by atoms with E-state index >= 15 is 0 Å². The number of nitrogens with one attached hydrogen (secondary N) is 1. The van der Waals surface area contributed by atoms with Gasteiger partial charge in [0.25, 0.3) is 0 Å². The minimum atomic E-state index is -0.943. The number of carboxylic acid groups (broad SMARTS) is 1. The zero-order valence-corrected chi connectivity index (χ0v) is 15.6. The number of hydrogen-bond donors (Lipinski definition) is 4. The molecule has 1 saturated heterocycles. The lowest BCUT2D eigenvalue weighted by Crippen LogP contribution is -2.78. The van der Waals surface area contributed by atoms with Gasteiger partial charge in [-0.3, -0.25) is 10.1 Å². The number of nitrogens with zero attached hydrogens (tertiary/aromatic N) is 1. The van der Waals surface area contributed by atoms with Gasteiger partial charge in [-0.2, -0.15) is 0 Å². The van der Waals surface area contributed by atoms with E-state index < -0.39 is 29.1 Å². The number of hydrogen-bond acceptors (Lipinski definition) is 6. The van der Waals surface area contributed by atoms with E-state index in [0.717, 1.165) is 30.5 Å². The molecule has 2 aliphatic carbocycles. The number of piperidine rings is 1. The molecule has 1 spiro atoms. The van der Waals surface area contributed by atoms with Gasteiger partial charge in [0, 0.05) is 17.6 Å². The van der Waals surface area contributed by atoms with Crippen molar-refractivity contribution in [3.05, 3.63) is 23.3 Å². The van der Waals surface area contributed by atoms with Crippen LogP contribution < -0.4 is 10.1 Å². The van der Waals surface area contributed by atoms with E-state index in [1.165, 1.54) is 0 Å². The van der Waals surface area contributed by atoms with E-state index in [4.69, 9.17) is 4.74 Å². The summed E-state index contributed by atoms with van der Waals surface area (Å²) in [6.45, 7) is 2.46. The number of ether oxygens (including phenoxy) is 1. The summed E-state index contributed by atoms with van der Waals surface area (Å²) in [5.74, 6) is -0.324. The van der Waals surface area contributed by atoms with Crippen LogP contribution in [-0.4, -0.2) is 69.6 Å². The van der Waals surface area contributed by atoms with Gasteiger partial charge in [0.2, 0.25) is 0 Å². The second kappa shape index (κ2) is 5.37. The van der Waals surface area contributed by atoms with Crippen LogP contribution in [0, 0.1) is 0 Å². The molecule has 146 valence electrons. The third kappa shape index (κ3) is 1.94. The fourth-order valence-corrected chi connectivity index (χ4v) is 6.32. The summed E-state index contributed by atoms with van der Waals surface area (Å²) < 4.78 is 6.32. The lowest BCUT2D eigenvalue weighted by molar-refractivity contribution is -0.187. The standard InChI is InChI=1S/C20H26N2O5/c1-10(18(24)25)21-12-5-6-20(26)14-9-11-3-4-13(23)16-15(11)19(20,17(12)27-16)7-8-22(14)2/h3-4,10,12,14,17,21,23,26H,5-9H2,1-2H3,(H,24,25)/t10-,12-,14?,17-,19-,20+/m0/s1. The summed E-state index contributed by atoms with van der Waals surface area (Å²) >= 11 is 0. The Morgan fingerprint density at radius 1 is 1.41 bits per heavy atom. The molecule has 1 unspecified atom stereocenters. The quantitative estimate of drug-likeness (QED) is 0.615. The van der Waals surface area contributed by atoms with Gasteiger partial charge in [-0.25, -0.2) is 0 Å². The van der Waals surface area contributed by atoms with Crippen LogP contribution in [0.5, 0.6) is 11.5 Å². The van der Waals surface area contributed by atoms with Crippen LogP contribution in [0.15, 0.2) is 12.1 Å². The van der Waals surface area contributed by atoms with E-state index in [1.54, 1.807) is 13.0 Å². The Bertz CT molecular complexity index is 829. The molecule has 5 rings (SSSR count). The van der Waals surface area contributed by atoms with Crippen molar-refractivity contribution >= 4 is 5.97 Å². The van der Waals surface area contributed by atoms with Crippen molar-refractivity contribution in [2.24, 2.45) is 0 Å². The number of likely N-dealkylation sites (N-methyl/N-ethyl adjacent to an activating group) is 1. The van der Waals surface area contributed by atoms with E-state index in [-0.39, 0.29) is 17.8 Å². The highest BCUT2D eigenvalue weighted by atomic mass is 16.5. The Labute approximate surface area is 157 Å². The van der Waals surface area contributed by atoms with Crippen molar-refractivity contribution < 1.29 is 24.9 Å². The van der Waals surface area contributed by atoms with Crippen LogP contribution in [0.25, 0.3) is 0 Å². The summed E-state index contributed by atoms with van der Waals surface area (Å²) in [7, 11) is 2.06. The van der Waals surface area contributed by atoms with E-state index in [2.05, 4.69) is 17.3 Å². The first-order valence-corrected chi connectivity index (χ1v) is 9.73. The van der Waals surface area contributed by atoms with Gasteiger partial charge in [-0.05, 0) is 57.8 Å². The number of benzene rings is 1. The van der Waals surface area contributed by atoms with Gasteiger partial charge in [-0.15, -0.1) is 0 Å². The normalized spacial score (nSPS) is 40.2. The Balaban J connectivity index is 1.68. The number of phenolic OH excluding ortho intramolecular Hbond substituents is 1. The van der Waals surface area contributed by atoms with Crippen LogP contribution >= 0.6 is 0 Å². The summed E-state index contributed by atoms with van der Waals surface area (Å²) in [5.41, 5.74) is 0.522. The van der Waals surface area contributed by atoms with Crippen molar-refractivity contribution in [1.29, 1.82) is 0 Å². The van der Waals surface area contributed by atoms with Crippen molar-refractivity contribution in [2.45, 2.75) is 67.9 Å². The third-order valence-electron chi connectivity index (χ3n) is 7.56. The monoisotopic (exact) mass is 374 g/mol. The summed E-state index contributed by atoms with van der Waals surface area (Å²) in [6, 6.07) is 2.72. The SMILES string of the molecule is C[C@H](N[C@H]1CC[C@@]2(O)C3Cc4ccc(O)c5c4[C@@]2(CCN3C)[C@H]1O5)C(=O)O. The van der Waals surface area contributed by atoms with Crippen LogP contribution in [0.2, 0.25) is 0 Å². The fraction of sp³-hybridized carbons (Fsp3) is 0.650. The summed E-state index contributed by atoms with van der Waals surface area (Å²) in [5, 5.41) is 35.0. The largest absolute Gasteiger partial charge is 0.504 e. The predicted octanol–water partition coefficient (Wildman–Crippen LogP) is 0.607. The molecular formula is C20H26N2O5. The van der Waals surface area contributed by atoms with Gasteiger partial charge in [0.1, 0.15) is 12.1 Å². The van der Waals surface area contributed by atoms with Gasteiger partial charge >= 0.3 is 5.97 Å². The molecule has 27 heavy (non-hydrogen) atoms. The average Bonchev–Trinajstić information content (AvgIpc) is 2.98. The van der Waals surface area contributed by atoms with Crippen molar-refractivity contribution in [3.63, 3.8) is 0 Å². The fourth-order valence-electron chi connectivity index (χ4n) is 6.32. The highest BCUT2D eigenvalue weighted by molar-refractivity contribution is 5.73. The maximum atomic E-state index is 12.0. The first kappa shape index (κ1) is 17.3. The van der Waals surface area contributed by atoms with Crippen LogP contribution in [0.4, 0.5) is 0 Å². The van der Waals surface area contributed by atoms with Crippen molar-refractivity contribution in [1.82, 2.24) is 10.2 Å². The number of carboxylic acids is 1. The molecule has 0 amide bonds. The molecule has 2 aliphatic heterocycles. The Kier molecular flexibility index (Phi) is 3.44. The highest BCUT2D eigenvalue weighted by Crippen LogP contribution is 2.65. The number of phenols is 1. The molecule has 1 saturated carbocycles. The molecule has 6 atom stereocenters. The third-order valence-corrected chi connectivity index (χ3v) is 7.56. The molecule has 2 fully saturated rings. The maximum absolute atomic E-state index is 12.0. The number of rotatable bonds is 3. The second-order valence-corrected chi connectivity index (χ2v) is 8.70. The molecule has 7 heteroatoms. The number of aromatic hydroxyl groups is 1. The predicted molar refractivity (Wildman–Crippen MR) is 97.1 cm³/mol. The molecule has 1 aromatic rings. The zero-order valence-electron chi connectivity index (χ0n) is 15.6. The number of aliphatic hydroxyl groups is 1. The smallest absolute Gasteiger partial charge is 0.320 e. The Hall–Kier alpha value is -1.83. The lowest BCUT2D eigenvalue weighted by Gasteiger charge is -2.63. The van der Waals surface area contributed by atoms with Crippen molar-refractivity contribution in [2.75, 3.05) is 13.6 Å². The van der Waals surface area contributed by atoms with E-state index in [1.807, 2.05) is 6.07 Å². The molecule has 2 heterocycles.